The van der Waals surface area contributed by atoms with Gasteiger partial charge in [-0.1, -0.05) is 42.5 Å². The highest BCUT2D eigenvalue weighted by molar-refractivity contribution is 5.66. The SMILES string of the molecule is Cc1cccc(Nc2c3c(nc4nc(-c5ccccc5)nn24)CCCC3)c1. The van der Waals surface area contributed by atoms with E-state index in [-0.39, 0.29) is 0 Å². The van der Waals surface area contributed by atoms with Crippen LogP contribution in [-0.2, 0) is 12.8 Å². The Kier molecular flexibility index (Phi) is 3.85. The maximum Gasteiger partial charge on any atom is 0.254 e. The molecule has 2 aromatic heterocycles. The second-order valence-corrected chi connectivity index (χ2v) is 7.10. The van der Waals surface area contributed by atoms with Gasteiger partial charge in [-0.05, 0) is 50.3 Å². The number of nitrogens with zero attached hydrogens (tertiary/aromatic N) is 4. The number of hydrogen-bond donors (Lipinski definition) is 1. The standard InChI is InChI=1S/C22H21N5/c1-15-8-7-11-17(14-15)23-21-18-12-5-6-13-19(18)24-22-25-20(26-27(21)22)16-9-3-2-4-10-16/h2-4,7-11,14,23H,5-6,12-13H2,1H3. The fourth-order valence-corrected chi connectivity index (χ4v) is 3.74. The van der Waals surface area contributed by atoms with Crippen molar-refractivity contribution in [2.24, 2.45) is 0 Å². The molecule has 5 heteroatoms. The van der Waals surface area contributed by atoms with Gasteiger partial charge in [-0.3, -0.25) is 0 Å². The maximum absolute atomic E-state index is 4.83. The summed E-state index contributed by atoms with van der Waals surface area (Å²) in [5.41, 5.74) is 5.70. The summed E-state index contributed by atoms with van der Waals surface area (Å²) in [6, 6.07) is 18.5. The molecule has 4 aromatic rings. The first-order chi connectivity index (χ1) is 13.3. The third-order valence-corrected chi connectivity index (χ3v) is 5.07. The van der Waals surface area contributed by atoms with Gasteiger partial charge in [0.25, 0.3) is 5.78 Å². The van der Waals surface area contributed by atoms with Gasteiger partial charge in [0, 0.05) is 16.8 Å². The Morgan fingerprint density at radius 2 is 1.78 bits per heavy atom. The molecular formula is C22H21N5. The van der Waals surface area contributed by atoms with Gasteiger partial charge >= 0.3 is 0 Å². The fourth-order valence-electron chi connectivity index (χ4n) is 3.74. The minimum atomic E-state index is 0.657. The molecule has 1 N–H and O–H groups in total. The highest BCUT2D eigenvalue weighted by Crippen LogP contribution is 2.30. The van der Waals surface area contributed by atoms with Crippen LogP contribution < -0.4 is 5.32 Å². The van der Waals surface area contributed by atoms with E-state index in [9.17, 15) is 0 Å². The largest absolute Gasteiger partial charge is 0.340 e. The maximum atomic E-state index is 4.83. The van der Waals surface area contributed by atoms with Crippen LogP contribution >= 0.6 is 0 Å². The molecule has 2 aromatic carbocycles. The first-order valence-electron chi connectivity index (χ1n) is 9.45. The van der Waals surface area contributed by atoms with Crippen LogP contribution in [0.5, 0.6) is 0 Å². The van der Waals surface area contributed by atoms with Crippen molar-refractivity contribution in [2.45, 2.75) is 32.6 Å². The van der Waals surface area contributed by atoms with Gasteiger partial charge in [-0.15, -0.1) is 5.10 Å². The molecule has 2 heterocycles. The Labute approximate surface area is 158 Å². The fraction of sp³-hybridized carbons (Fsp3) is 0.227. The second-order valence-electron chi connectivity index (χ2n) is 7.10. The van der Waals surface area contributed by atoms with Crippen molar-refractivity contribution in [2.75, 3.05) is 5.32 Å². The number of benzene rings is 2. The van der Waals surface area contributed by atoms with E-state index in [0.29, 0.717) is 11.6 Å². The minimum Gasteiger partial charge on any atom is -0.340 e. The summed E-state index contributed by atoms with van der Waals surface area (Å²) in [6.45, 7) is 2.10. The van der Waals surface area contributed by atoms with Crippen LogP contribution in [-0.4, -0.2) is 19.6 Å². The number of aromatic nitrogens is 4. The number of rotatable bonds is 3. The molecule has 0 radical (unpaired) electrons. The number of hydrogen-bond acceptors (Lipinski definition) is 4. The molecule has 0 amide bonds. The molecule has 5 rings (SSSR count). The zero-order valence-corrected chi connectivity index (χ0v) is 15.3. The van der Waals surface area contributed by atoms with Gasteiger partial charge in [0.1, 0.15) is 5.82 Å². The Hall–Kier alpha value is -3.21. The third-order valence-electron chi connectivity index (χ3n) is 5.07. The highest BCUT2D eigenvalue weighted by Gasteiger charge is 2.21. The summed E-state index contributed by atoms with van der Waals surface area (Å²) in [7, 11) is 0. The number of nitrogens with one attached hydrogen (secondary N) is 1. The molecule has 134 valence electrons. The lowest BCUT2D eigenvalue weighted by Gasteiger charge is -2.20. The van der Waals surface area contributed by atoms with Crippen molar-refractivity contribution < 1.29 is 0 Å². The van der Waals surface area contributed by atoms with Crippen molar-refractivity contribution in [3.05, 3.63) is 71.4 Å². The molecule has 0 spiro atoms. The van der Waals surface area contributed by atoms with Crippen molar-refractivity contribution >= 4 is 17.3 Å². The summed E-state index contributed by atoms with van der Waals surface area (Å²) >= 11 is 0. The van der Waals surface area contributed by atoms with E-state index in [1.54, 1.807) is 0 Å². The van der Waals surface area contributed by atoms with Gasteiger partial charge in [-0.2, -0.15) is 9.50 Å². The third kappa shape index (κ3) is 2.95. The number of aryl methyl sites for hydroxylation is 2. The molecule has 0 aliphatic heterocycles. The quantitative estimate of drug-likeness (QED) is 0.578. The number of fused-ring (bicyclic) bond motifs is 2. The molecule has 0 unspecified atom stereocenters. The molecule has 0 bridgehead atoms. The highest BCUT2D eigenvalue weighted by atomic mass is 15.4. The van der Waals surface area contributed by atoms with Crippen molar-refractivity contribution in [1.29, 1.82) is 0 Å². The molecule has 0 saturated heterocycles. The zero-order chi connectivity index (χ0) is 18.2. The Morgan fingerprint density at radius 3 is 2.63 bits per heavy atom. The lowest BCUT2D eigenvalue weighted by Crippen LogP contribution is -2.13. The van der Waals surface area contributed by atoms with E-state index < -0.39 is 0 Å². The summed E-state index contributed by atoms with van der Waals surface area (Å²) < 4.78 is 1.87. The van der Waals surface area contributed by atoms with Gasteiger partial charge in [0.05, 0.1) is 5.69 Å². The average molecular weight is 355 g/mol. The molecule has 1 aliphatic carbocycles. The summed E-state index contributed by atoms with van der Waals surface area (Å²) in [6.07, 6.45) is 4.39. The van der Waals surface area contributed by atoms with E-state index in [1.165, 1.54) is 24.0 Å². The van der Waals surface area contributed by atoms with E-state index >= 15 is 0 Å². The minimum absolute atomic E-state index is 0.657. The Morgan fingerprint density at radius 1 is 0.926 bits per heavy atom. The van der Waals surface area contributed by atoms with E-state index in [2.05, 4.69) is 36.5 Å². The van der Waals surface area contributed by atoms with Crippen LogP contribution in [0.3, 0.4) is 0 Å². The van der Waals surface area contributed by atoms with Crippen molar-refractivity contribution in [1.82, 2.24) is 19.6 Å². The van der Waals surface area contributed by atoms with E-state index in [0.717, 1.165) is 35.6 Å². The van der Waals surface area contributed by atoms with Crippen molar-refractivity contribution in [3.8, 4) is 11.4 Å². The predicted octanol–water partition coefficient (Wildman–Crippen LogP) is 4.72. The van der Waals surface area contributed by atoms with Gasteiger partial charge in [-0.25, -0.2) is 4.98 Å². The monoisotopic (exact) mass is 355 g/mol. The first-order valence-corrected chi connectivity index (χ1v) is 9.45. The van der Waals surface area contributed by atoms with Crippen LogP contribution in [0.25, 0.3) is 17.2 Å². The molecular weight excluding hydrogens is 334 g/mol. The Bertz CT molecular complexity index is 1110. The van der Waals surface area contributed by atoms with Crippen LogP contribution in [0.2, 0.25) is 0 Å². The lowest BCUT2D eigenvalue weighted by atomic mass is 9.96. The van der Waals surface area contributed by atoms with E-state index in [1.807, 2.05) is 34.8 Å². The van der Waals surface area contributed by atoms with Crippen LogP contribution in [0.1, 0.15) is 29.7 Å². The predicted molar refractivity (Wildman–Crippen MR) is 107 cm³/mol. The van der Waals surface area contributed by atoms with Crippen LogP contribution in [0, 0.1) is 6.92 Å². The first kappa shape index (κ1) is 16.0. The van der Waals surface area contributed by atoms with Gasteiger partial charge < -0.3 is 5.32 Å². The van der Waals surface area contributed by atoms with Gasteiger partial charge in [0.2, 0.25) is 0 Å². The second kappa shape index (κ2) is 6.50. The van der Waals surface area contributed by atoms with Crippen LogP contribution in [0.4, 0.5) is 11.5 Å². The zero-order valence-electron chi connectivity index (χ0n) is 15.3. The summed E-state index contributed by atoms with van der Waals surface area (Å²) in [5.74, 6) is 2.36. The molecule has 5 nitrogen and oxygen atoms in total. The lowest BCUT2D eigenvalue weighted by molar-refractivity contribution is 0.662. The molecule has 0 atom stereocenters. The summed E-state index contributed by atoms with van der Waals surface area (Å²) in [5, 5.41) is 8.39. The topological polar surface area (TPSA) is 55.1 Å². The Balaban J connectivity index is 1.69. The normalized spacial score (nSPS) is 13.5. The molecule has 27 heavy (non-hydrogen) atoms. The van der Waals surface area contributed by atoms with E-state index in [4.69, 9.17) is 15.1 Å². The molecule has 0 saturated carbocycles. The van der Waals surface area contributed by atoms with Crippen LogP contribution in [0.15, 0.2) is 54.6 Å². The molecule has 1 aliphatic rings. The number of anilines is 2. The van der Waals surface area contributed by atoms with Crippen molar-refractivity contribution in [3.63, 3.8) is 0 Å². The average Bonchev–Trinajstić information content (AvgIpc) is 3.13. The van der Waals surface area contributed by atoms with Gasteiger partial charge in [0.15, 0.2) is 5.82 Å². The summed E-state index contributed by atoms with van der Waals surface area (Å²) in [4.78, 5) is 9.54. The smallest absolute Gasteiger partial charge is 0.254 e. The molecule has 0 fully saturated rings.